The number of esters is 1. The number of hydrogen-bond donors (Lipinski definition) is 2. The first-order valence-corrected chi connectivity index (χ1v) is 5.97. The summed E-state index contributed by atoms with van der Waals surface area (Å²) in [4.78, 5) is 23.6. The topological polar surface area (TPSA) is 90.7 Å². The minimum Gasteiger partial charge on any atom is -0.467 e. The van der Waals surface area contributed by atoms with Gasteiger partial charge in [-0.3, -0.25) is 4.79 Å². The molecule has 1 amide bonds. The minimum absolute atomic E-state index is 0. The van der Waals surface area contributed by atoms with Gasteiger partial charge in [-0.15, -0.1) is 12.4 Å². The largest absolute Gasteiger partial charge is 0.467 e. The Morgan fingerprint density at radius 1 is 1.37 bits per heavy atom. The van der Waals surface area contributed by atoms with Crippen molar-refractivity contribution in [2.45, 2.75) is 38.8 Å². The number of halogens is 1. The number of ether oxygens (including phenoxy) is 2. The zero-order valence-electron chi connectivity index (χ0n) is 12.2. The van der Waals surface area contributed by atoms with Crippen molar-refractivity contribution in [3.8, 4) is 0 Å². The quantitative estimate of drug-likeness (QED) is 0.667. The molecule has 0 bridgehead atoms. The summed E-state index contributed by atoms with van der Waals surface area (Å²) < 4.78 is 9.60. The lowest BCUT2D eigenvalue weighted by Crippen LogP contribution is -2.60. The SMILES string of the molecule is CCC(C)C(N)C(=O)NC(C)(COC)C(=O)OC.Cl. The van der Waals surface area contributed by atoms with E-state index in [1.165, 1.54) is 14.2 Å². The van der Waals surface area contributed by atoms with Gasteiger partial charge >= 0.3 is 5.97 Å². The number of methoxy groups -OCH3 is 2. The van der Waals surface area contributed by atoms with Crippen LogP contribution >= 0.6 is 12.4 Å². The molecule has 0 saturated heterocycles. The second-order valence-corrected chi connectivity index (χ2v) is 4.66. The van der Waals surface area contributed by atoms with Gasteiger partial charge in [0.2, 0.25) is 5.91 Å². The molecular weight excluding hydrogens is 272 g/mol. The third-order valence-electron chi connectivity index (χ3n) is 3.03. The average molecular weight is 297 g/mol. The van der Waals surface area contributed by atoms with Crippen molar-refractivity contribution in [1.29, 1.82) is 0 Å². The first-order chi connectivity index (χ1) is 8.32. The number of carbonyl (C=O) groups is 2. The molecule has 3 atom stereocenters. The van der Waals surface area contributed by atoms with Crippen LogP contribution in [0.5, 0.6) is 0 Å². The Kier molecular flexibility index (Phi) is 9.82. The van der Waals surface area contributed by atoms with Gasteiger partial charge < -0.3 is 20.5 Å². The lowest BCUT2D eigenvalue weighted by molar-refractivity contribution is -0.152. The summed E-state index contributed by atoms with van der Waals surface area (Å²) in [6.07, 6.45) is 0.786. The summed E-state index contributed by atoms with van der Waals surface area (Å²) in [7, 11) is 2.71. The van der Waals surface area contributed by atoms with Crippen molar-refractivity contribution in [2.75, 3.05) is 20.8 Å². The Balaban J connectivity index is 0. The zero-order chi connectivity index (χ0) is 14.3. The van der Waals surface area contributed by atoms with E-state index in [9.17, 15) is 9.59 Å². The van der Waals surface area contributed by atoms with Crippen LogP contribution in [0.1, 0.15) is 27.2 Å². The number of rotatable bonds is 7. The van der Waals surface area contributed by atoms with Crippen molar-refractivity contribution in [3.63, 3.8) is 0 Å². The Morgan fingerprint density at radius 3 is 2.26 bits per heavy atom. The highest BCUT2D eigenvalue weighted by Crippen LogP contribution is 2.10. The van der Waals surface area contributed by atoms with Crippen LogP contribution < -0.4 is 11.1 Å². The summed E-state index contributed by atoms with van der Waals surface area (Å²) >= 11 is 0. The summed E-state index contributed by atoms with van der Waals surface area (Å²) in [5, 5.41) is 2.60. The number of nitrogens with two attached hydrogens (primary N) is 1. The molecule has 6 nitrogen and oxygen atoms in total. The maximum absolute atomic E-state index is 12.0. The van der Waals surface area contributed by atoms with E-state index in [1.54, 1.807) is 6.92 Å². The molecule has 0 saturated carbocycles. The molecule has 0 radical (unpaired) electrons. The summed E-state index contributed by atoms with van der Waals surface area (Å²) in [6.45, 7) is 5.41. The molecule has 19 heavy (non-hydrogen) atoms. The maximum Gasteiger partial charge on any atom is 0.333 e. The lowest BCUT2D eigenvalue weighted by atomic mass is 9.97. The lowest BCUT2D eigenvalue weighted by Gasteiger charge is -2.29. The molecule has 7 heteroatoms. The van der Waals surface area contributed by atoms with E-state index in [1.807, 2.05) is 13.8 Å². The minimum atomic E-state index is -1.22. The smallest absolute Gasteiger partial charge is 0.333 e. The molecule has 0 aliphatic rings. The molecule has 114 valence electrons. The van der Waals surface area contributed by atoms with Crippen LogP contribution in [-0.4, -0.2) is 44.3 Å². The predicted molar refractivity (Wildman–Crippen MR) is 75.1 cm³/mol. The fourth-order valence-electron chi connectivity index (χ4n) is 1.53. The highest BCUT2D eigenvalue weighted by atomic mass is 35.5. The summed E-state index contributed by atoms with van der Waals surface area (Å²) in [6, 6.07) is -0.657. The van der Waals surface area contributed by atoms with Crippen molar-refractivity contribution in [3.05, 3.63) is 0 Å². The normalized spacial score (nSPS) is 16.5. The van der Waals surface area contributed by atoms with E-state index in [-0.39, 0.29) is 30.8 Å². The van der Waals surface area contributed by atoms with Crippen LogP contribution in [0.25, 0.3) is 0 Å². The van der Waals surface area contributed by atoms with Gasteiger partial charge in [-0.1, -0.05) is 20.3 Å². The van der Waals surface area contributed by atoms with Crippen LogP contribution in [-0.2, 0) is 19.1 Å². The number of carbonyl (C=O) groups excluding carboxylic acids is 2. The number of hydrogen-bond acceptors (Lipinski definition) is 5. The molecule has 0 aliphatic heterocycles. The molecule has 3 N–H and O–H groups in total. The fourth-order valence-corrected chi connectivity index (χ4v) is 1.53. The molecule has 0 fully saturated rings. The second-order valence-electron chi connectivity index (χ2n) is 4.66. The average Bonchev–Trinajstić information content (AvgIpc) is 2.35. The van der Waals surface area contributed by atoms with E-state index in [4.69, 9.17) is 10.5 Å². The van der Waals surface area contributed by atoms with E-state index in [0.29, 0.717) is 0 Å². The Labute approximate surface area is 120 Å². The third kappa shape index (κ3) is 5.76. The van der Waals surface area contributed by atoms with E-state index >= 15 is 0 Å². The first kappa shape index (κ1) is 20.5. The van der Waals surface area contributed by atoms with Gasteiger partial charge in [0.15, 0.2) is 5.54 Å². The van der Waals surface area contributed by atoms with Gasteiger partial charge in [0.25, 0.3) is 0 Å². The van der Waals surface area contributed by atoms with Crippen LogP contribution in [0.4, 0.5) is 0 Å². The summed E-state index contributed by atoms with van der Waals surface area (Å²) in [5.41, 5.74) is 4.59. The van der Waals surface area contributed by atoms with Crippen molar-refractivity contribution >= 4 is 24.3 Å². The van der Waals surface area contributed by atoms with Crippen LogP contribution in [0.2, 0.25) is 0 Å². The highest BCUT2D eigenvalue weighted by Gasteiger charge is 2.38. The Morgan fingerprint density at radius 2 is 1.89 bits per heavy atom. The predicted octanol–water partition coefficient (Wildman–Crippen LogP) is 0.476. The molecule has 0 heterocycles. The second kappa shape index (κ2) is 9.12. The standard InChI is InChI=1S/C12H24N2O4.ClH/c1-6-8(2)9(13)10(15)14-12(3,7-17-4)11(16)18-5;/h8-9H,6-7,13H2,1-5H3,(H,14,15);1H. The Hall–Kier alpha value is -0.850. The molecule has 0 aromatic heterocycles. The van der Waals surface area contributed by atoms with Gasteiger partial charge in [0.1, 0.15) is 0 Å². The number of nitrogens with one attached hydrogen (secondary N) is 1. The van der Waals surface area contributed by atoms with Crippen molar-refractivity contribution in [2.24, 2.45) is 11.7 Å². The molecule has 3 unspecified atom stereocenters. The van der Waals surface area contributed by atoms with Gasteiger partial charge in [-0.25, -0.2) is 4.79 Å². The molecule has 0 aromatic carbocycles. The van der Waals surface area contributed by atoms with E-state index in [2.05, 4.69) is 10.1 Å². The van der Waals surface area contributed by atoms with Crippen LogP contribution in [0.3, 0.4) is 0 Å². The monoisotopic (exact) mass is 296 g/mol. The summed E-state index contributed by atoms with van der Waals surface area (Å²) in [5.74, 6) is -0.905. The zero-order valence-corrected chi connectivity index (χ0v) is 13.0. The Bertz CT molecular complexity index is 301. The van der Waals surface area contributed by atoms with Gasteiger partial charge in [0.05, 0.1) is 19.8 Å². The van der Waals surface area contributed by atoms with E-state index < -0.39 is 17.6 Å². The van der Waals surface area contributed by atoms with Crippen molar-refractivity contribution in [1.82, 2.24) is 5.32 Å². The molecule has 0 spiro atoms. The number of amides is 1. The third-order valence-corrected chi connectivity index (χ3v) is 3.03. The molecule has 0 aliphatic carbocycles. The van der Waals surface area contributed by atoms with E-state index in [0.717, 1.165) is 6.42 Å². The first-order valence-electron chi connectivity index (χ1n) is 5.97. The maximum atomic E-state index is 12.0. The highest BCUT2D eigenvalue weighted by molar-refractivity contribution is 5.90. The fraction of sp³-hybridized carbons (Fsp3) is 0.833. The van der Waals surface area contributed by atoms with Crippen molar-refractivity contribution < 1.29 is 19.1 Å². The molecule has 0 aromatic rings. The molecule has 0 rings (SSSR count). The van der Waals surface area contributed by atoms with Crippen LogP contribution in [0.15, 0.2) is 0 Å². The molecular formula is C12H25ClN2O4. The van der Waals surface area contributed by atoms with Gasteiger partial charge in [-0.2, -0.15) is 0 Å². The van der Waals surface area contributed by atoms with Gasteiger partial charge in [0, 0.05) is 7.11 Å². The van der Waals surface area contributed by atoms with Crippen LogP contribution in [0, 0.1) is 5.92 Å². The van der Waals surface area contributed by atoms with Gasteiger partial charge in [-0.05, 0) is 12.8 Å².